The fraction of sp³-hybridized carbons (Fsp3) is 0. The van der Waals surface area contributed by atoms with Crippen molar-refractivity contribution in [2.45, 2.75) is 0 Å². The van der Waals surface area contributed by atoms with Gasteiger partial charge in [0.2, 0.25) is 0 Å². The van der Waals surface area contributed by atoms with Gasteiger partial charge in [0.15, 0.2) is 0 Å². The first kappa shape index (κ1) is 22.6. The molecule has 3 nitrogen and oxygen atoms in total. The summed E-state index contributed by atoms with van der Waals surface area (Å²) in [7, 11) is -2.85. The molecule has 0 rings (SSSR count). The molecule has 7 heavy (non-hydrogen) atoms. The molecule has 0 radical (unpaired) electrons. The van der Waals surface area contributed by atoms with Crippen LogP contribution in [0.1, 0.15) is 0 Å². The zero-order chi connectivity index (χ0) is 3.58. The molecule has 0 saturated carbocycles. The molecule has 0 aromatic rings. The van der Waals surface area contributed by atoms with E-state index in [2.05, 4.69) is 0 Å². The van der Waals surface area contributed by atoms with E-state index in [0.717, 1.165) is 0 Å². The van der Waals surface area contributed by atoms with Gasteiger partial charge in [-0.3, -0.25) is 0 Å². The van der Waals surface area contributed by atoms with Gasteiger partial charge in [-0.15, -0.1) is 0 Å². The second-order valence-corrected chi connectivity index (χ2v) is 0.567. The van der Waals surface area contributed by atoms with Crippen LogP contribution in [0.3, 0.4) is 0 Å². The topological polar surface area (TPSA) is 69.2 Å². The van der Waals surface area contributed by atoms with Crippen LogP contribution in [0.25, 0.3) is 0 Å². The Balaban J connectivity index is -0.0000000150. The Kier molecular flexibility index (Phi) is 51.3. The van der Waals surface area contributed by atoms with Crippen molar-refractivity contribution in [2.75, 3.05) is 0 Å². The van der Waals surface area contributed by atoms with Crippen molar-refractivity contribution in [3.8, 4) is 0 Å². The number of halogens is 2. The normalized spacial score (nSPS) is 5.14. The molecule has 0 saturated heterocycles. The van der Waals surface area contributed by atoms with Crippen molar-refractivity contribution in [1.82, 2.24) is 0 Å². The summed E-state index contributed by atoms with van der Waals surface area (Å²) < 4.78 is 25.2. The Hall–Kier alpha value is 2.72. The summed E-state index contributed by atoms with van der Waals surface area (Å²) in [4.78, 5) is 0. The van der Waals surface area contributed by atoms with Crippen LogP contribution >= 0.6 is 0 Å². The zero-order valence-electron chi connectivity index (χ0n) is 3.69. The molecule has 0 bridgehead atoms. The molecule has 0 aromatic heterocycles. The Morgan fingerprint density at radius 1 is 1.00 bits per heavy atom. The van der Waals surface area contributed by atoms with Crippen LogP contribution in [0, 0.1) is 10.8 Å². The molecular weight excluding hydrogens is 182 g/mol. The second-order valence-electron chi connectivity index (χ2n) is 0.189. The monoisotopic (exact) mass is 181 g/mol. The van der Waals surface area contributed by atoms with E-state index in [1.165, 1.54) is 0 Å². The van der Waals surface area contributed by atoms with Crippen LogP contribution in [0.4, 0.5) is 0 Å². The van der Waals surface area contributed by atoms with Crippen molar-refractivity contribution in [2.24, 2.45) is 0 Å². The maximum absolute atomic E-state index is 8.41. The summed E-state index contributed by atoms with van der Waals surface area (Å²) in [6.07, 6.45) is 0. The molecule has 7 heteroatoms. The first-order valence-corrected chi connectivity index (χ1v) is 1.39. The van der Waals surface area contributed by atoms with Crippen LogP contribution < -0.4 is 55.9 Å². The van der Waals surface area contributed by atoms with Gasteiger partial charge in [0.1, 0.15) is 0 Å². The van der Waals surface area contributed by atoms with E-state index in [1.807, 2.05) is 0 Å². The molecule has 0 aliphatic carbocycles. The van der Waals surface area contributed by atoms with Crippen molar-refractivity contribution in [3.63, 3.8) is 0 Å². The van der Waals surface area contributed by atoms with Crippen molar-refractivity contribution in [3.05, 3.63) is 0 Å². The molecule has 34 valence electrons. The number of hydrogen-bond acceptors (Lipinski definition) is 3. The Morgan fingerprint density at radius 3 is 1.00 bits per heavy atom. The second kappa shape index (κ2) is 15.9. The Morgan fingerprint density at radius 2 is 1.00 bits per heavy atom. The van der Waals surface area contributed by atoms with Crippen molar-refractivity contribution < 1.29 is 66.7 Å². The van der Waals surface area contributed by atoms with E-state index >= 15 is 0 Å². The average Bonchev–Trinajstić information content (AvgIpc) is 0.811. The third-order valence-electron chi connectivity index (χ3n) is 0. The maximum Gasteiger partial charge on any atom is 2.00 e. The number of rotatable bonds is 0. The third kappa shape index (κ3) is 53.2. The van der Waals surface area contributed by atoms with Crippen LogP contribution in [0.15, 0.2) is 0 Å². The van der Waals surface area contributed by atoms with Crippen molar-refractivity contribution >= 4 is 37.7 Å². The zero-order valence-corrected chi connectivity index (χ0v) is 9.41. The van der Waals surface area contributed by atoms with E-state index in [-0.39, 0.29) is 79.7 Å². The summed E-state index contributed by atoms with van der Waals surface area (Å²) >= 11 is 0. The minimum Gasteiger partial charge on any atom is -1.00 e. The molecule has 0 fully saturated rings. The molecule has 0 aliphatic heterocycles. The van der Waals surface area contributed by atoms with E-state index in [4.69, 9.17) is 14.0 Å². The van der Waals surface area contributed by atoms with Crippen LogP contribution in [0.2, 0.25) is 0 Å². The fourth-order valence-corrected chi connectivity index (χ4v) is 0. The van der Waals surface area contributed by atoms with Gasteiger partial charge in [-0.05, 0) is 0 Å². The number of hydrogen-bond donors (Lipinski definition) is 0. The quantitative estimate of drug-likeness (QED) is 0.349. The summed E-state index contributed by atoms with van der Waals surface area (Å²) in [5, 5.41) is 0. The summed E-state index contributed by atoms with van der Waals surface area (Å²) in [6.45, 7) is 0. The molecule has 0 aliphatic rings. The summed E-state index contributed by atoms with van der Waals surface area (Å²) in [5.41, 5.74) is 0. The SMILES string of the molecule is [Ca+2].[Cl-].[Na+].[O-][Cl+2]([O-])[O-]. The van der Waals surface area contributed by atoms with Crippen LogP contribution in [-0.4, -0.2) is 37.7 Å². The van der Waals surface area contributed by atoms with Gasteiger partial charge < -0.3 is 26.4 Å². The van der Waals surface area contributed by atoms with Crippen LogP contribution in [0.5, 0.6) is 0 Å². The first-order valence-electron chi connectivity index (χ1n) is 0.463. The standard InChI is InChI=1S/Ca.ClO3.ClH.Na/c;2-1(3)4;;/h;;1H;/q+2;-1;;+1/p-1. The Bertz CT molecular complexity index is 17.7. The van der Waals surface area contributed by atoms with E-state index in [0.29, 0.717) is 0 Å². The Labute approximate surface area is 103 Å². The van der Waals surface area contributed by atoms with E-state index < -0.39 is 10.8 Å². The summed E-state index contributed by atoms with van der Waals surface area (Å²) in [6, 6.07) is 0. The molecule has 0 N–H and O–H groups in total. The maximum atomic E-state index is 8.41. The predicted octanol–water partition coefficient (Wildman–Crippen LogP) is -9.94. The van der Waals surface area contributed by atoms with Gasteiger partial charge in [0, 0.05) is 0 Å². The molecule has 0 aromatic carbocycles. The summed E-state index contributed by atoms with van der Waals surface area (Å²) in [5.74, 6) is 0. The molecular formula is CaCl2NaO3+. The minimum absolute atomic E-state index is 0. The van der Waals surface area contributed by atoms with E-state index in [1.54, 1.807) is 0 Å². The first-order chi connectivity index (χ1) is 1.73. The average molecular weight is 182 g/mol. The van der Waals surface area contributed by atoms with Gasteiger partial charge in [-0.25, -0.2) is 0 Å². The van der Waals surface area contributed by atoms with Gasteiger partial charge in [0.05, 0.1) is 10.8 Å². The van der Waals surface area contributed by atoms with Crippen LogP contribution in [-0.2, 0) is 0 Å². The molecule has 0 amide bonds. The third-order valence-corrected chi connectivity index (χ3v) is 0. The predicted molar refractivity (Wildman–Crippen MR) is 5.75 cm³/mol. The van der Waals surface area contributed by atoms with Gasteiger partial charge in [0.25, 0.3) is 0 Å². The van der Waals surface area contributed by atoms with Gasteiger partial charge in [-0.1, -0.05) is 0 Å². The van der Waals surface area contributed by atoms with Crippen molar-refractivity contribution in [1.29, 1.82) is 0 Å². The molecule has 0 spiro atoms. The molecule has 0 unspecified atom stereocenters. The minimum atomic E-state index is -2.85. The molecule has 0 atom stereocenters. The van der Waals surface area contributed by atoms with E-state index in [9.17, 15) is 0 Å². The fourth-order valence-electron chi connectivity index (χ4n) is 0. The molecule has 0 heterocycles. The van der Waals surface area contributed by atoms with Gasteiger partial charge in [-0.2, -0.15) is 0 Å². The largest absolute Gasteiger partial charge is 2.00 e. The smallest absolute Gasteiger partial charge is 1.00 e. The van der Waals surface area contributed by atoms with Gasteiger partial charge >= 0.3 is 67.3 Å².